The third kappa shape index (κ3) is 4.24. The fourth-order valence-electron chi connectivity index (χ4n) is 1.66. The van der Waals surface area contributed by atoms with Crippen LogP contribution in [0.1, 0.15) is 30.7 Å². The van der Waals surface area contributed by atoms with E-state index in [2.05, 4.69) is 5.32 Å². The molecule has 1 amide bonds. The van der Waals surface area contributed by atoms with Crippen LogP contribution in [0.15, 0.2) is 6.20 Å². The molecule has 19 heavy (non-hydrogen) atoms. The van der Waals surface area contributed by atoms with Gasteiger partial charge < -0.3 is 10.4 Å². The maximum atomic E-state index is 11.1. The van der Waals surface area contributed by atoms with E-state index in [1.165, 1.54) is 25.6 Å². The molecule has 104 valence electrons. The van der Waals surface area contributed by atoms with Crippen LogP contribution in [-0.4, -0.2) is 16.1 Å². The summed E-state index contributed by atoms with van der Waals surface area (Å²) in [7, 11) is 1.83. The summed E-state index contributed by atoms with van der Waals surface area (Å²) in [6.45, 7) is 4.99. The minimum Gasteiger partial charge on any atom is -0.502 e. The summed E-state index contributed by atoms with van der Waals surface area (Å²) in [6.07, 6.45) is 1.88. The fourth-order valence-corrected chi connectivity index (χ4v) is 2.27. The van der Waals surface area contributed by atoms with Gasteiger partial charge in [-0.2, -0.15) is 0 Å². The summed E-state index contributed by atoms with van der Waals surface area (Å²) in [4.78, 5) is 22.1. The van der Waals surface area contributed by atoms with Gasteiger partial charge in [0.1, 0.15) is 7.05 Å². The molecule has 0 saturated carbocycles. The Bertz CT molecular complexity index is 515. The molecule has 0 aromatic carbocycles. The van der Waals surface area contributed by atoms with Crippen LogP contribution < -0.4 is 9.88 Å². The molecular weight excluding hydrogens is 264 g/mol. The van der Waals surface area contributed by atoms with E-state index in [-0.39, 0.29) is 23.3 Å². The van der Waals surface area contributed by atoms with Gasteiger partial charge in [-0.25, -0.2) is 4.57 Å². The quantitative estimate of drug-likeness (QED) is 0.807. The van der Waals surface area contributed by atoms with Crippen molar-refractivity contribution in [2.24, 2.45) is 7.05 Å². The number of nitrogens with zero attached hydrogens (tertiary/aromatic N) is 1. The van der Waals surface area contributed by atoms with E-state index in [1.54, 1.807) is 6.92 Å². The predicted octanol–water partition coefficient (Wildman–Crippen LogP) is 0.941. The molecule has 0 spiro atoms. The zero-order valence-corrected chi connectivity index (χ0v) is 12.4. The molecular formula is C13H19N2O3S+. The molecule has 0 saturated heterocycles. The lowest BCUT2D eigenvalue weighted by molar-refractivity contribution is -0.678. The molecule has 5 nitrogen and oxygen atoms in total. The van der Waals surface area contributed by atoms with E-state index < -0.39 is 0 Å². The molecule has 1 aromatic rings. The van der Waals surface area contributed by atoms with Crippen LogP contribution in [0.25, 0.3) is 0 Å². The average molecular weight is 283 g/mol. The van der Waals surface area contributed by atoms with Gasteiger partial charge in [0.25, 0.3) is 0 Å². The number of aromatic hydroxyl groups is 1. The second-order valence-corrected chi connectivity index (χ2v) is 5.52. The second-order valence-electron chi connectivity index (χ2n) is 4.37. The van der Waals surface area contributed by atoms with Crippen LogP contribution in [0.4, 0.5) is 0 Å². The number of nitrogens with one attached hydrogen (secondary N) is 1. The van der Waals surface area contributed by atoms with E-state index in [0.717, 1.165) is 11.3 Å². The van der Waals surface area contributed by atoms with Crippen molar-refractivity contribution < 1.29 is 19.3 Å². The number of rotatable bonds is 4. The van der Waals surface area contributed by atoms with E-state index in [9.17, 15) is 14.7 Å². The number of thioether (sulfide) groups is 1. The standard InChI is InChI=1S/C13H18N2O3S/c1-8-13(18)12(5-14-9(2)16)11(6-15(8)4)7-19-10(3)17/h6H,5,7H2,1-4H3,(H-,14,16,18)/p+1. The summed E-state index contributed by atoms with van der Waals surface area (Å²) in [5.74, 6) is 0.486. The van der Waals surface area contributed by atoms with Crippen LogP contribution in [-0.2, 0) is 28.9 Å². The summed E-state index contributed by atoms with van der Waals surface area (Å²) >= 11 is 1.18. The van der Waals surface area contributed by atoms with Crippen molar-refractivity contribution in [2.45, 2.75) is 33.1 Å². The van der Waals surface area contributed by atoms with Gasteiger partial charge in [0, 0.05) is 44.2 Å². The van der Waals surface area contributed by atoms with Gasteiger partial charge in [-0.3, -0.25) is 9.59 Å². The Balaban J connectivity index is 3.10. The summed E-state index contributed by atoms with van der Waals surface area (Å²) in [5, 5.41) is 12.9. The lowest BCUT2D eigenvalue weighted by atomic mass is 10.1. The lowest BCUT2D eigenvalue weighted by Crippen LogP contribution is -2.33. The maximum Gasteiger partial charge on any atom is 0.220 e. The summed E-state index contributed by atoms with van der Waals surface area (Å²) in [5.41, 5.74) is 2.23. The number of aromatic nitrogens is 1. The molecule has 1 heterocycles. The number of carbonyl (C=O) groups excluding carboxylic acids is 2. The predicted molar refractivity (Wildman–Crippen MR) is 73.5 cm³/mol. The summed E-state index contributed by atoms with van der Waals surface area (Å²) < 4.78 is 1.81. The highest BCUT2D eigenvalue weighted by molar-refractivity contribution is 8.12. The molecule has 6 heteroatoms. The number of hydrogen-bond donors (Lipinski definition) is 2. The van der Waals surface area contributed by atoms with E-state index in [1.807, 2.05) is 17.8 Å². The minimum absolute atomic E-state index is 0.0215. The third-order valence-electron chi connectivity index (χ3n) is 2.84. The van der Waals surface area contributed by atoms with Crippen LogP contribution in [0.2, 0.25) is 0 Å². The van der Waals surface area contributed by atoms with Crippen molar-refractivity contribution in [1.82, 2.24) is 5.32 Å². The van der Waals surface area contributed by atoms with Crippen LogP contribution in [0.5, 0.6) is 5.75 Å². The first kappa shape index (κ1) is 15.5. The van der Waals surface area contributed by atoms with Crippen molar-refractivity contribution >= 4 is 22.8 Å². The first-order valence-electron chi connectivity index (χ1n) is 5.90. The molecule has 0 fully saturated rings. The first-order chi connectivity index (χ1) is 8.82. The Morgan fingerprint density at radius 2 is 2.05 bits per heavy atom. The fraction of sp³-hybridized carbons (Fsp3) is 0.462. The van der Waals surface area contributed by atoms with Crippen molar-refractivity contribution in [2.75, 3.05) is 0 Å². The first-order valence-corrected chi connectivity index (χ1v) is 6.89. The Kier molecular flexibility index (Phi) is 5.35. The zero-order chi connectivity index (χ0) is 14.6. The van der Waals surface area contributed by atoms with Gasteiger partial charge in [0.2, 0.25) is 11.6 Å². The normalized spacial score (nSPS) is 10.3. The average Bonchev–Trinajstić information content (AvgIpc) is 2.32. The number of pyridine rings is 1. The molecule has 0 bridgehead atoms. The van der Waals surface area contributed by atoms with E-state index >= 15 is 0 Å². The molecule has 0 atom stereocenters. The highest BCUT2D eigenvalue weighted by atomic mass is 32.2. The van der Waals surface area contributed by atoms with Crippen molar-refractivity contribution in [3.8, 4) is 5.75 Å². The topological polar surface area (TPSA) is 70.3 Å². The number of carbonyl (C=O) groups is 2. The van der Waals surface area contributed by atoms with Crippen LogP contribution in [0, 0.1) is 6.92 Å². The van der Waals surface area contributed by atoms with Crippen molar-refractivity contribution in [3.63, 3.8) is 0 Å². The minimum atomic E-state index is -0.157. The van der Waals surface area contributed by atoms with Gasteiger partial charge in [0.05, 0.1) is 0 Å². The van der Waals surface area contributed by atoms with Gasteiger partial charge in [-0.1, -0.05) is 11.8 Å². The summed E-state index contributed by atoms with van der Waals surface area (Å²) in [6, 6.07) is 0. The molecule has 0 unspecified atom stereocenters. The highest BCUT2D eigenvalue weighted by Gasteiger charge is 2.19. The molecule has 1 aromatic heterocycles. The number of hydrogen-bond acceptors (Lipinski definition) is 4. The van der Waals surface area contributed by atoms with Gasteiger partial charge in [-0.15, -0.1) is 0 Å². The van der Waals surface area contributed by atoms with Gasteiger partial charge in [0.15, 0.2) is 17.1 Å². The third-order valence-corrected chi connectivity index (χ3v) is 3.70. The molecule has 2 N–H and O–H groups in total. The molecule has 0 aliphatic rings. The maximum absolute atomic E-state index is 11.1. The Morgan fingerprint density at radius 3 is 2.58 bits per heavy atom. The van der Waals surface area contributed by atoms with Crippen molar-refractivity contribution in [1.29, 1.82) is 0 Å². The monoisotopic (exact) mass is 283 g/mol. The Morgan fingerprint density at radius 1 is 1.42 bits per heavy atom. The molecule has 0 radical (unpaired) electrons. The number of aryl methyl sites for hydroxylation is 1. The Labute approximate surface area is 117 Å². The Hall–Kier alpha value is -1.56. The highest BCUT2D eigenvalue weighted by Crippen LogP contribution is 2.25. The van der Waals surface area contributed by atoms with Crippen molar-refractivity contribution in [3.05, 3.63) is 23.0 Å². The van der Waals surface area contributed by atoms with Crippen LogP contribution >= 0.6 is 11.8 Å². The van der Waals surface area contributed by atoms with Gasteiger partial charge in [-0.05, 0) is 0 Å². The van der Waals surface area contributed by atoms with Gasteiger partial charge >= 0.3 is 0 Å². The lowest BCUT2D eigenvalue weighted by Gasteiger charge is -2.11. The molecule has 0 aliphatic carbocycles. The molecule has 1 rings (SSSR count). The number of amides is 1. The smallest absolute Gasteiger partial charge is 0.220 e. The van der Waals surface area contributed by atoms with Crippen LogP contribution in [0.3, 0.4) is 0 Å². The second kappa shape index (κ2) is 6.56. The zero-order valence-electron chi connectivity index (χ0n) is 11.6. The van der Waals surface area contributed by atoms with E-state index in [0.29, 0.717) is 11.3 Å². The largest absolute Gasteiger partial charge is 0.502 e. The SMILES string of the molecule is CC(=O)NCc1c(CSC(C)=O)c[n+](C)c(C)c1O. The molecule has 0 aliphatic heterocycles. The van der Waals surface area contributed by atoms with E-state index in [4.69, 9.17) is 0 Å².